The van der Waals surface area contributed by atoms with E-state index < -0.39 is 5.60 Å². The van der Waals surface area contributed by atoms with Gasteiger partial charge in [-0.3, -0.25) is 0 Å². The zero-order valence-electron chi connectivity index (χ0n) is 11.3. The quantitative estimate of drug-likeness (QED) is 0.704. The van der Waals surface area contributed by atoms with Crippen LogP contribution in [0.4, 0.5) is 4.79 Å². The molecule has 2 saturated heterocycles. The predicted molar refractivity (Wildman–Crippen MR) is 66.9 cm³/mol. The normalized spacial score (nSPS) is 33.4. The van der Waals surface area contributed by atoms with Gasteiger partial charge < -0.3 is 15.0 Å². The minimum absolute atomic E-state index is 0.166. The summed E-state index contributed by atoms with van der Waals surface area (Å²) in [5.74, 6) is 0.603. The third-order valence-electron chi connectivity index (χ3n) is 3.71. The summed E-state index contributed by atoms with van der Waals surface area (Å²) >= 11 is 0. The highest BCUT2D eigenvalue weighted by Crippen LogP contribution is 2.30. The SMILES string of the molecule is CC1C2NCCCC2CN1C(=O)OC(C)(C)C. The molecule has 4 nitrogen and oxygen atoms in total. The monoisotopic (exact) mass is 240 g/mol. The summed E-state index contributed by atoms with van der Waals surface area (Å²) in [4.78, 5) is 14.0. The summed E-state index contributed by atoms with van der Waals surface area (Å²) < 4.78 is 5.46. The summed E-state index contributed by atoms with van der Waals surface area (Å²) in [7, 11) is 0. The van der Waals surface area contributed by atoms with Crippen molar-refractivity contribution in [1.82, 2.24) is 10.2 Å². The Kier molecular flexibility index (Phi) is 3.34. The lowest BCUT2D eigenvalue weighted by Crippen LogP contribution is -2.47. The maximum absolute atomic E-state index is 12.1. The molecule has 2 aliphatic rings. The van der Waals surface area contributed by atoms with Gasteiger partial charge in [0.25, 0.3) is 0 Å². The molecule has 0 aromatic carbocycles. The molecule has 3 unspecified atom stereocenters. The Morgan fingerprint density at radius 2 is 2.12 bits per heavy atom. The highest BCUT2D eigenvalue weighted by molar-refractivity contribution is 5.69. The molecule has 2 heterocycles. The molecule has 0 aliphatic carbocycles. The fourth-order valence-corrected chi connectivity index (χ4v) is 2.92. The standard InChI is InChI=1S/C13H24N2O2/c1-9-11-10(6-5-7-14-11)8-15(9)12(16)17-13(2,3)4/h9-11,14H,5-8H2,1-4H3. The predicted octanol–water partition coefficient (Wildman–Crippen LogP) is 1.99. The van der Waals surface area contributed by atoms with Gasteiger partial charge in [0.05, 0.1) is 0 Å². The largest absolute Gasteiger partial charge is 0.444 e. The first-order valence-corrected chi connectivity index (χ1v) is 6.61. The number of likely N-dealkylation sites (tertiary alicyclic amines) is 1. The molecule has 2 rings (SSSR count). The molecule has 1 amide bonds. The first kappa shape index (κ1) is 12.7. The number of fused-ring (bicyclic) bond motifs is 1. The van der Waals surface area contributed by atoms with Gasteiger partial charge in [-0.25, -0.2) is 4.79 Å². The van der Waals surface area contributed by atoms with Crippen molar-refractivity contribution in [3.8, 4) is 0 Å². The Bertz CT molecular complexity index is 298. The van der Waals surface area contributed by atoms with Crippen LogP contribution in [0.1, 0.15) is 40.5 Å². The summed E-state index contributed by atoms with van der Waals surface area (Å²) in [5.41, 5.74) is -0.405. The smallest absolute Gasteiger partial charge is 0.410 e. The molecular weight excluding hydrogens is 216 g/mol. The Morgan fingerprint density at radius 3 is 2.71 bits per heavy atom. The molecule has 0 bridgehead atoms. The van der Waals surface area contributed by atoms with Gasteiger partial charge in [-0.05, 0) is 53.0 Å². The van der Waals surface area contributed by atoms with Crippen LogP contribution in [0.3, 0.4) is 0 Å². The van der Waals surface area contributed by atoms with Crippen molar-refractivity contribution in [2.75, 3.05) is 13.1 Å². The number of hydrogen-bond acceptors (Lipinski definition) is 3. The number of rotatable bonds is 0. The average molecular weight is 240 g/mol. The van der Waals surface area contributed by atoms with E-state index in [0.717, 1.165) is 13.1 Å². The van der Waals surface area contributed by atoms with E-state index in [0.29, 0.717) is 12.0 Å². The summed E-state index contributed by atoms with van der Waals surface area (Å²) in [5, 5.41) is 3.53. The van der Waals surface area contributed by atoms with Crippen LogP contribution in [0, 0.1) is 5.92 Å². The van der Waals surface area contributed by atoms with Crippen LogP contribution in [-0.4, -0.2) is 41.8 Å². The number of hydrogen-bond donors (Lipinski definition) is 1. The fourth-order valence-electron chi connectivity index (χ4n) is 2.92. The number of piperidine rings is 1. The molecule has 0 aromatic heterocycles. The Balaban J connectivity index is 2.00. The molecular formula is C13H24N2O2. The van der Waals surface area contributed by atoms with Gasteiger partial charge in [-0.1, -0.05) is 0 Å². The van der Waals surface area contributed by atoms with Crippen molar-refractivity contribution < 1.29 is 9.53 Å². The van der Waals surface area contributed by atoms with Gasteiger partial charge in [0.2, 0.25) is 0 Å². The molecule has 98 valence electrons. The van der Waals surface area contributed by atoms with Crippen molar-refractivity contribution in [2.24, 2.45) is 5.92 Å². The minimum atomic E-state index is -0.405. The lowest BCUT2D eigenvalue weighted by Gasteiger charge is -2.30. The van der Waals surface area contributed by atoms with Gasteiger partial charge >= 0.3 is 6.09 Å². The zero-order valence-corrected chi connectivity index (χ0v) is 11.3. The first-order chi connectivity index (χ1) is 7.88. The molecule has 2 fully saturated rings. The molecule has 4 heteroatoms. The number of ether oxygens (including phenoxy) is 1. The van der Waals surface area contributed by atoms with E-state index in [2.05, 4.69) is 12.2 Å². The lowest BCUT2D eigenvalue weighted by atomic mass is 9.91. The van der Waals surface area contributed by atoms with Crippen LogP contribution in [0.2, 0.25) is 0 Å². The lowest BCUT2D eigenvalue weighted by molar-refractivity contribution is 0.0228. The van der Waals surface area contributed by atoms with Crippen LogP contribution in [0.15, 0.2) is 0 Å². The average Bonchev–Trinajstić information content (AvgIpc) is 2.55. The van der Waals surface area contributed by atoms with Crippen LogP contribution >= 0.6 is 0 Å². The number of carbonyl (C=O) groups excluding carboxylic acids is 1. The van der Waals surface area contributed by atoms with Crippen LogP contribution in [-0.2, 0) is 4.74 Å². The Labute approximate surface area is 104 Å². The van der Waals surface area contributed by atoms with E-state index in [4.69, 9.17) is 4.74 Å². The van der Waals surface area contributed by atoms with Gasteiger partial charge in [0, 0.05) is 18.6 Å². The van der Waals surface area contributed by atoms with E-state index in [1.54, 1.807) is 0 Å². The molecule has 3 atom stereocenters. The van der Waals surface area contributed by atoms with Crippen LogP contribution in [0.25, 0.3) is 0 Å². The van der Waals surface area contributed by atoms with Crippen molar-refractivity contribution in [3.05, 3.63) is 0 Å². The maximum atomic E-state index is 12.1. The van der Waals surface area contributed by atoms with Crippen LogP contribution in [0.5, 0.6) is 0 Å². The molecule has 1 N–H and O–H groups in total. The molecule has 0 radical (unpaired) electrons. The second kappa shape index (κ2) is 4.48. The van der Waals surface area contributed by atoms with E-state index in [-0.39, 0.29) is 12.1 Å². The molecule has 0 saturated carbocycles. The zero-order chi connectivity index (χ0) is 12.6. The second-order valence-electron chi connectivity index (χ2n) is 6.26. The van der Waals surface area contributed by atoms with E-state index >= 15 is 0 Å². The number of nitrogens with zero attached hydrogens (tertiary/aromatic N) is 1. The topological polar surface area (TPSA) is 41.6 Å². The van der Waals surface area contributed by atoms with Gasteiger partial charge in [0.15, 0.2) is 0 Å². The van der Waals surface area contributed by atoms with Crippen molar-refractivity contribution in [3.63, 3.8) is 0 Å². The van der Waals surface area contributed by atoms with Crippen molar-refractivity contribution in [2.45, 2.75) is 58.2 Å². The third kappa shape index (κ3) is 2.73. The molecule has 0 spiro atoms. The molecule has 2 aliphatic heterocycles. The number of amides is 1. The third-order valence-corrected chi connectivity index (χ3v) is 3.71. The van der Waals surface area contributed by atoms with E-state index in [9.17, 15) is 4.79 Å². The summed E-state index contributed by atoms with van der Waals surface area (Å²) in [6, 6.07) is 0.700. The van der Waals surface area contributed by atoms with Crippen LogP contribution < -0.4 is 5.32 Å². The van der Waals surface area contributed by atoms with Gasteiger partial charge in [-0.2, -0.15) is 0 Å². The first-order valence-electron chi connectivity index (χ1n) is 6.61. The minimum Gasteiger partial charge on any atom is -0.444 e. The summed E-state index contributed by atoms with van der Waals surface area (Å²) in [6.07, 6.45) is 2.28. The fraction of sp³-hybridized carbons (Fsp3) is 0.923. The van der Waals surface area contributed by atoms with Crippen molar-refractivity contribution in [1.29, 1.82) is 0 Å². The van der Waals surface area contributed by atoms with Gasteiger partial charge in [0.1, 0.15) is 5.60 Å². The maximum Gasteiger partial charge on any atom is 0.410 e. The highest BCUT2D eigenvalue weighted by Gasteiger charge is 2.43. The van der Waals surface area contributed by atoms with E-state index in [1.165, 1.54) is 12.8 Å². The van der Waals surface area contributed by atoms with Gasteiger partial charge in [-0.15, -0.1) is 0 Å². The molecule has 17 heavy (non-hydrogen) atoms. The second-order valence-corrected chi connectivity index (χ2v) is 6.26. The highest BCUT2D eigenvalue weighted by atomic mass is 16.6. The summed E-state index contributed by atoms with van der Waals surface area (Å²) in [6.45, 7) is 9.78. The Morgan fingerprint density at radius 1 is 1.41 bits per heavy atom. The van der Waals surface area contributed by atoms with E-state index in [1.807, 2.05) is 25.7 Å². The Hall–Kier alpha value is -0.770. The number of carbonyl (C=O) groups is 1. The van der Waals surface area contributed by atoms with Crippen molar-refractivity contribution >= 4 is 6.09 Å². The number of nitrogens with one attached hydrogen (secondary N) is 1. The molecule has 0 aromatic rings.